The van der Waals surface area contributed by atoms with Crippen LogP contribution in [0.3, 0.4) is 0 Å². The van der Waals surface area contributed by atoms with Gasteiger partial charge in [0.15, 0.2) is 0 Å². The van der Waals surface area contributed by atoms with Gasteiger partial charge in [-0.05, 0) is 36.8 Å². The second kappa shape index (κ2) is 7.22. The predicted molar refractivity (Wildman–Crippen MR) is 104 cm³/mol. The average Bonchev–Trinajstić information content (AvgIpc) is 3.13. The number of hydrogen-bond donors (Lipinski definition) is 2. The number of morpholine rings is 1. The summed E-state index contributed by atoms with van der Waals surface area (Å²) in [4.78, 5) is 18.0. The molecular formula is C21H23N3O2. The number of carbonyl (C=O) groups is 1. The molecule has 1 fully saturated rings. The lowest BCUT2D eigenvalue weighted by atomic mass is 10.1. The largest absolute Gasteiger partial charge is 0.378 e. The van der Waals surface area contributed by atoms with Gasteiger partial charge in [-0.1, -0.05) is 30.3 Å². The fourth-order valence-electron chi connectivity index (χ4n) is 3.35. The van der Waals surface area contributed by atoms with Crippen molar-refractivity contribution in [2.45, 2.75) is 13.0 Å². The molecule has 4 rings (SSSR count). The predicted octanol–water partition coefficient (Wildman–Crippen LogP) is 3.50. The Hall–Kier alpha value is -2.79. The number of rotatable bonds is 4. The number of anilines is 1. The molecule has 0 spiro atoms. The van der Waals surface area contributed by atoms with Gasteiger partial charge in [-0.3, -0.25) is 4.79 Å². The molecule has 1 aliphatic rings. The molecule has 5 nitrogen and oxygen atoms in total. The molecule has 0 radical (unpaired) electrons. The molecule has 1 amide bonds. The highest BCUT2D eigenvalue weighted by Gasteiger charge is 2.15. The Kier molecular flexibility index (Phi) is 4.63. The lowest BCUT2D eigenvalue weighted by molar-refractivity contribution is 0.0935. The first-order valence-corrected chi connectivity index (χ1v) is 9.02. The summed E-state index contributed by atoms with van der Waals surface area (Å²) in [6, 6.07) is 18.1. The number of para-hydroxylation sites is 1. The first-order valence-electron chi connectivity index (χ1n) is 9.02. The fourth-order valence-corrected chi connectivity index (χ4v) is 3.35. The Bertz CT molecular complexity index is 862. The summed E-state index contributed by atoms with van der Waals surface area (Å²) in [5, 5.41) is 4.11. The Morgan fingerprint density at radius 1 is 1.12 bits per heavy atom. The number of aromatic nitrogens is 1. The molecular weight excluding hydrogens is 326 g/mol. The van der Waals surface area contributed by atoms with Gasteiger partial charge in [-0.15, -0.1) is 0 Å². The van der Waals surface area contributed by atoms with Crippen molar-refractivity contribution >= 4 is 22.5 Å². The summed E-state index contributed by atoms with van der Waals surface area (Å²) in [6.45, 7) is 5.40. The first kappa shape index (κ1) is 16.7. The van der Waals surface area contributed by atoms with E-state index in [0.717, 1.165) is 42.8 Å². The lowest BCUT2D eigenvalue weighted by Crippen LogP contribution is -2.36. The van der Waals surface area contributed by atoms with Crippen molar-refractivity contribution in [3.05, 3.63) is 65.9 Å². The number of benzene rings is 2. The van der Waals surface area contributed by atoms with Crippen LogP contribution in [-0.2, 0) is 4.74 Å². The third-order valence-electron chi connectivity index (χ3n) is 4.89. The van der Waals surface area contributed by atoms with Crippen molar-refractivity contribution in [3.63, 3.8) is 0 Å². The highest BCUT2D eigenvalue weighted by atomic mass is 16.5. The molecule has 0 aliphatic carbocycles. The smallest absolute Gasteiger partial charge is 0.268 e. The van der Waals surface area contributed by atoms with E-state index >= 15 is 0 Å². The Labute approximate surface area is 153 Å². The molecule has 0 saturated carbocycles. The maximum absolute atomic E-state index is 12.5. The number of carbonyl (C=O) groups excluding carboxylic acids is 1. The van der Waals surface area contributed by atoms with Crippen LogP contribution in [0.2, 0.25) is 0 Å². The van der Waals surface area contributed by atoms with Crippen molar-refractivity contribution in [3.8, 4) is 0 Å². The molecule has 0 bridgehead atoms. The monoisotopic (exact) mass is 349 g/mol. The molecule has 0 unspecified atom stereocenters. The molecule has 1 saturated heterocycles. The number of ether oxygens (including phenoxy) is 1. The van der Waals surface area contributed by atoms with E-state index in [0.29, 0.717) is 5.69 Å². The molecule has 1 aromatic heterocycles. The van der Waals surface area contributed by atoms with Crippen LogP contribution in [0.5, 0.6) is 0 Å². The van der Waals surface area contributed by atoms with Crippen LogP contribution in [-0.4, -0.2) is 37.2 Å². The standard InChI is InChI=1S/C21H23N3O2/c1-15(16-6-8-18(9-7-16)24-10-12-26-13-11-24)22-21(25)20-14-17-4-2-3-5-19(17)23-20/h2-9,14-15,23H,10-13H2,1H3,(H,22,25)/t15-/m1/s1. The number of hydrogen-bond acceptors (Lipinski definition) is 3. The SMILES string of the molecule is C[C@@H](NC(=O)c1cc2ccccc2[nH]1)c1ccc(N2CCOCC2)cc1. The molecule has 134 valence electrons. The van der Waals surface area contributed by atoms with Crippen molar-refractivity contribution < 1.29 is 9.53 Å². The van der Waals surface area contributed by atoms with Gasteiger partial charge in [-0.2, -0.15) is 0 Å². The molecule has 1 atom stereocenters. The second-order valence-electron chi connectivity index (χ2n) is 6.66. The van der Waals surface area contributed by atoms with Gasteiger partial charge in [0.1, 0.15) is 5.69 Å². The van der Waals surface area contributed by atoms with Gasteiger partial charge in [0, 0.05) is 29.7 Å². The van der Waals surface area contributed by atoms with E-state index in [9.17, 15) is 4.79 Å². The number of amides is 1. The van der Waals surface area contributed by atoms with Crippen molar-refractivity contribution in [1.29, 1.82) is 0 Å². The Morgan fingerprint density at radius 3 is 2.58 bits per heavy atom. The van der Waals surface area contributed by atoms with Crippen molar-refractivity contribution in [2.24, 2.45) is 0 Å². The molecule has 5 heteroatoms. The van der Waals surface area contributed by atoms with E-state index in [1.807, 2.05) is 37.3 Å². The number of aromatic amines is 1. The van der Waals surface area contributed by atoms with Crippen LogP contribution in [0.4, 0.5) is 5.69 Å². The Morgan fingerprint density at radius 2 is 1.85 bits per heavy atom. The zero-order chi connectivity index (χ0) is 17.9. The van der Waals surface area contributed by atoms with Gasteiger partial charge in [0.2, 0.25) is 0 Å². The third-order valence-corrected chi connectivity index (χ3v) is 4.89. The van der Waals surface area contributed by atoms with Crippen LogP contribution >= 0.6 is 0 Å². The number of nitrogens with one attached hydrogen (secondary N) is 2. The molecule has 2 heterocycles. The van der Waals surface area contributed by atoms with E-state index in [2.05, 4.69) is 39.5 Å². The molecule has 2 aromatic carbocycles. The number of H-pyrrole nitrogens is 1. The van der Waals surface area contributed by atoms with Gasteiger partial charge in [0.05, 0.1) is 19.3 Å². The van der Waals surface area contributed by atoms with E-state index < -0.39 is 0 Å². The quantitative estimate of drug-likeness (QED) is 0.758. The molecule has 3 aromatic rings. The number of fused-ring (bicyclic) bond motifs is 1. The zero-order valence-electron chi connectivity index (χ0n) is 14.9. The minimum Gasteiger partial charge on any atom is -0.378 e. The number of nitrogens with zero attached hydrogens (tertiary/aromatic N) is 1. The van der Waals surface area contributed by atoms with Crippen molar-refractivity contribution in [1.82, 2.24) is 10.3 Å². The van der Waals surface area contributed by atoms with Crippen LogP contribution in [0.1, 0.15) is 29.0 Å². The van der Waals surface area contributed by atoms with Gasteiger partial charge in [-0.25, -0.2) is 0 Å². The van der Waals surface area contributed by atoms with Gasteiger partial charge < -0.3 is 19.9 Å². The Balaban J connectivity index is 1.43. The van der Waals surface area contributed by atoms with E-state index in [1.54, 1.807) is 0 Å². The van der Waals surface area contributed by atoms with Crippen molar-refractivity contribution in [2.75, 3.05) is 31.2 Å². The fraction of sp³-hybridized carbons (Fsp3) is 0.286. The minimum absolute atomic E-state index is 0.0624. The minimum atomic E-state index is -0.0917. The average molecular weight is 349 g/mol. The maximum atomic E-state index is 12.5. The van der Waals surface area contributed by atoms with Gasteiger partial charge in [0.25, 0.3) is 5.91 Å². The summed E-state index contributed by atoms with van der Waals surface area (Å²) in [5.74, 6) is -0.0917. The first-order chi connectivity index (χ1) is 12.7. The summed E-state index contributed by atoms with van der Waals surface area (Å²) < 4.78 is 5.40. The van der Waals surface area contributed by atoms with Crippen LogP contribution in [0, 0.1) is 0 Å². The topological polar surface area (TPSA) is 57.4 Å². The summed E-state index contributed by atoms with van der Waals surface area (Å²) >= 11 is 0. The third kappa shape index (κ3) is 3.44. The van der Waals surface area contributed by atoms with Crippen LogP contribution in [0.25, 0.3) is 10.9 Å². The van der Waals surface area contributed by atoms with E-state index in [4.69, 9.17) is 4.74 Å². The van der Waals surface area contributed by atoms with Crippen LogP contribution in [0.15, 0.2) is 54.6 Å². The molecule has 1 aliphatic heterocycles. The second-order valence-corrected chi connectivity index (χ2v) is 6.66. The maximum Gasteiger partial charge on any atom is 0.268 e. The lowest BCUT2D eigenvalue weighted by Gasteiger charge is -2.29. The van der Waals surface area contributed by atoms with Crippen LogP contribution < -0.4 is 10.2 Å². The van der Waals surface area contributed by atoms with E-state index in [1.165, 1.54) is 5.69 Å². The highest BCUT2D eigenvalue weighted by molar-refractivity contribution is 5.98. The molecule has 2 N–H and O–H groups in total. The van der Waals surface area contributed by atoms with E-state index in [-0.39, 0.29) is 11.9 Å². The zero-order valence-corrected chi connectivity index (χ0v) is 14.9. The summed E-state index contributed by atoms with van der Waals surface area (Å²) in [5.41, 5.74) is 3.85. The normalized spacial score (nSPS) is 15.8. The highest BCUT2D eigenvalue weighted by Crippen LogP contribution is 2.21. The summed E-state index contributed by atoms with van der Waals surface area (Å²) in [7, 11) is 0. The summed E-state index contributed by atoms with van der Waals surface area (Å²) in [6.07, 6.45) is 0. The van der Waals surface area contributed by atoms with Gasteiger partial charge >= 0.3 is 0 Å². The molecule has 26 heavy (non-hydrogen) atoms.